The van der Waals surface area contributed by atoms with Crippen LogP contribution in [0.4, 0.5) is 4.39 Å². The van der Waals surface area contributed by atoms with E-state index in [2.05, 4.69) is 10.2 Å². The quantitative estimate of drug-likeness (QED) is 0.515. The number of hydrogen-bond acceptors (Lipinski definition) is 7. The summed E-state index contributed by atoms with van der Waals surface area (Å²) in [4.78, 5) is 14.2. The molecule has 152 valence electrons. The zero-order valence-corrected chi connectivity index (χ0v) is 17.0. The summed E-state index contributed by atoms with van der Waals surface area (Å²) in [6.07, 6.45) is 0.651. The summed E-state index contributed by atoms with van der Waals surface area (Å²) >= 11 is 1.12. The summed E-state index contributed by atoms with van der Waals surface area (Å²) in [5.74, 6) is 6.06. The highest BCUT2D eigenvalue weighted by atomic mass is 32.2. The highest BCUT2D eigenvalue weighted by Crippen LogP contribution is 2.21. The van der Waals surface area contributed by atoms with Crippen molar-refractivity contribution in [2.24, 2.45) is 0 Å². The number of carbonyl (C=O) groups is 1. The lowest BCUT2D eigenvalue weighted by Crippen LogP contribution is -2.42. The minimum absolute atomic E-state index is 0.0110. The van der Waals surface area contributed by atoms with Crippen molar-refractivity contribution in [3.8, 4) is 0 Å². The number of carbonyl (C=O) groups excluding carboxylic acids is 1. The van der Waals surface area contributed by atoms with E-state index in [1.807, 2.05) is 6.92 Å². The SMILES string of the molecule is CCN(C(=O)CSc1nnc(Cc2ccccc2F)n1N)[C@@H]1CCS(=O)(=O)C1. The Hall–Kier alpha value is -2.14. The van der Waals surface area contributed by atoms with Gasteiger partial charge in [0.1, 0.15) is 5.82 Å². The molecule has 0 aliphatic carbocycles. The third kappa shape index (κ3) is 4.64. The van der Waals surface area contributed by atoms with E-state index in [0.29, 0.717) is 29.5 Å². The number of nitrogen functional groups attached to an aromatic ring is 1. The molecular formula is C17H22FN5O3S2. The van der Waals surface area contributed by atoms with Crippen molar-refractivity contribution in [1.82, 2.24) is 19.8 Å². The van der Waals surface area contributed by atoms with Crippen molar-refractivity contribution in [2.45, 2.75) is 31.0 Å². The zero-order valence-electron chi connectivity index (χ0n) is 15.4. The summed E-state index contributed by atoms with van der Waals surface area (Å²) < 4.78 is 38.4. The van der Waals surface area contributed by atoms with E-state index in [4.69, 9.17) is 5.84 Å². The van der Waals surface area contributed by atoms with Gasteiger partial charge in [0.25, 0.3) is 0 Å². The van der Waals surface area contributed by atoms with Crippen LogP contribution in [0.15, 0.2) is 29.4 Å². The first-order valence-corrected chi connectivity index (χ1v) is 11.7. The Labute approximate surface area is 167 Å². The van der Waals surface area contributed by atoms with Crippen LogP contribution in [0.3, 0.4) is 0 Å². The van der Waals surface area contributed by atoms with Gasteiger partial charge >= 0.3 is 0 Å². The number of thioether (sulfide) groups is 1. The van der Waals surface area contributed by atoms with Crippen molar-refractivity contribution in [3.05, 3.63) is 41.5 Å². The van der Waals surface area contributed by atoms with Gasteiger partial charge in [0.2, 0.25) is 11.1 Å². The lowest BCUT2D eigenvalue weighted by molar-refractivity contribution is -0.129. The Morgan fingerprint density at radius 3 is 2.79 bits per heavy atom. The van der Waals surface area contributed by atoms with Crippen LogP contribution >= 0.6 is 11.8 Å². The van der Waals surface area contributed by atoms with Gasteiger partial charge in [-0.3, -0.25) is 4.79 Å². The highest BCUT2D eigenvalue weighted by Gasteiger charge is 2.33. The minimum atomic E-state index is -3.07. The molecule has 11 heteroatoms. The number of amides is 1. The smallest absolute Gasteiger partial charge is 0.233 e. The number of nitrogens with zero attached hydrogens (tertiary/aromatic N) is 4. The lowest BCUT2D eigenvalue weighted by atomic mass is 10.1. The molecule has 8 nitrogen and oxygen atoms in total. The molecule has 1 aromatic heterocycles. The van der Waals surface area contributed by atoms with Crippen LogP contribution in [0.5, 0.6) is 0 Å². The van der Waals surface area contributed by atoms with Crippen molar-refractivity contribution in [2.75, 3.05) is 29.6 Å². The van der Waals surface area contributed by atoms with Gasteiger partial charge in [-0.25, -0.2) is 17.5 Å². The molecule has 2 N–H and O–H groups in total. The molecule has 28 heavy (non-hydrogen) atoms. The van der Waals surface area contributed by atoms with E-state index in [9.17, 15) is 17.6 Å². The van der Waals surface area contributed by atoms with Gasteiger partial charge in [0.15, 0.2) is 15.7 Å². The Balaban J connectivity index is 1.62. The number of nitrogens with two attached hydrogens (primary N) is 1. The molecule has 0 radical (unpaired) electrons. The van der Waals surface area contributed by atoms with Gasteiger partial charge < -0.3 is 10.7 Å². The molecule has 2 aromatic rings. The van der Waals surface area contributed by atoms with Gasteiger partial charge in [-0.15, -0.1) is 10.2 Å². The molecule has 0 spiro atoms. The maximum atomic E-state index is 13.8. The average Bonchev–Trinajstić information content (AvgIpc) is 3.18. The topological polar surface area (TPSA) is 111 Å². The van der Waals surface area contributed by atoms with E-state index in [1.54, 1.807) is 23.1 Å². The van der Waals surface area contributed by atoms with Gasteiger partial charge in [0.05, 0.1) is 17.3 Å². The van der Waals surface area contributed by atoms with E-state index >= 15 is 0 Å². The standard InChI is InChI=1S/C17H22FN5O3S2/c1-2-22(13-7-8-28(25,26)11-13)16(24)10-27-17-21-20-15(23(17)19)9-12-5-3-4-6-14(12)18/h3-6,13H,2,7-11,19H2,1H3/t13-/m1/s1. The molecule has 0 saturated carbocycles. The van der Waals surface area contributed by atoms with E-state index in [-0.39, 0.29) is 41.4 Å². The fourth-order valence-corrected chi connectivity index (χ4v) is 5.70. The minimum Gasteiger partial charge on any atom is -0.338 e. The van der Waals surface area contributed by atoms with Gasteiger partial charge in [-0.2, -0.15) is 0 Å². The highest BCUT2D eigenvalue weighted by molar-refractivity contribution is 7.99. The second-order valence-electron chi connectivity index (χ2n) is 6.56. The Morgan fingerprint density at radius 2 is 2.14 bits per heavy atom. The normalized spacial score (nSPS) is 18.3. The fraction of sp³-hybridized carbons (Fsp3) is 0.471. The predicted molar refractivity (Wildman–Crippen MR) is 105 cm³/mol. The monoisotopic (exact) mass is 427 g/mol. The lowest BCUT2D eigenvalue weighted by Gasteiger charge is -2.26. The number of rotatable bonds is 7. The number of aromatic nitrogens is 3. The van der Waals surface area contributed by atoms with Crippen LogP contribution in [-0.2, 0) is 21.1 Å². The molecule has 1 atom stereocenters. The van der Waals surface area contributed by atoms with Crippen LogP contribution in [0.2, 0.25) is 0 Å². The van der Waals surface area contributed by atoms with E-state index in [0.717, 1.165) is 11.8 Å². The van der Waals surface area contributed by atoms with Crippen LogP contribution in [-0.4, -0.2) is 63.9 Å². The molecule has 1 aliphatic heterocycles. The van der Waals surface area contributed by atoms with Crippen molar-refractivity contribution in [3.63, 3.8) is 0 Å². The van der Waals surface area contributed by atoms with Crippen molar-refractivity contribution >= 4 is 27.5 Å². The van der Waals surface area contributed by atoms with Crippen LogP contribution < -0.4 is 5.84 Å². The first kappa shape index (κ1) is 20.6. The number of benzene rings is 1. The van der Waals surface area contributed by atoms with E-state index in [1.165, 1.54) is 10.7 Å². The van der Waals surface area contributed by atoms with Crippen LogP contribution in [0, 0.1) is 5.82 Å². The molecular weight excluding hydrogens is 405 g/mol. The third-order valence-corrected chi connectivity index (χ3v) is 7.35. The number of halogens is 1. The maximum absolute atomic E-state index is 13.8. The van der Waals surface area contributed by atoms with Gasteiger partial charge in [-0.05, 0) is 25.0 Å². The van der Waals surface area contributed by atoms with E-state index < -0.39 is 9.84 Å². The number of sulfone groups is 1. The summed E-state index contributed by atoms with van der Waals surface area (Å²) in [7, 11) is -3.07. The molecule has 1 aromatic carbocycles. The predicted octanol–water partition coefficient (Wildman–Crippen LogP) is 0.850. The number of hydrogen-bond donors (Lipinski definition) is 1. The Bertz CT molecular complexity index is 963. The van der Waals surface area contributed by atoms with Gasteiger partial charge in [-0.1, -0.05) is 30.0 Å². The Kier molecular flexibility index (Phi) is 6.23. The summed E-state index contributed by atoms with van der Waals surface area (Å²) in [6, 6.07) is 6.06. The molecule has 1 fully saturated rings. The van der Waals surface area contributed by atoms with Crippen molar-refractivity contribution < 1.29 is 17.6 Å². The van der Waals surface area contributed by atoms with Crippen LogP contribution in [0.25, 0.3) is 0 Å². The molecule has 0 bridgehead atoms. The molecule has 2 heterocycles. The Morgan fingerprint density at radius 1 is 1.39 bits per heavy atom. The molecule has 3 rings (SSSR count). The second kappa shape index (κ2) is 8.48. The average molecular weight is 428 g/mol. The van der Waals surface area contributed by atoms with Gasteiger partial charge in [0, 0.05) is 19.0 Å². The fourth-order valence-electron chi connectivity index (χ4n) is 3.21. The first-order valence-electron chi connectivity index (χ1n) is 8.86. The van der Waals surface area contributed by atoms with Crippen molar-refractivity contribution in [1.29, 1.82) is 0 Å². The summed E-state index contributed by atoms with van der Waals surface area (Å²) in [6.45, 7) is 2.26. The molecule has 0 unspecified atom stereocenters. The molecule has 1 saturated heterocycles. The summed E-state index contributed by atoms with van der Waals surface area (Å²) in [5, 5.41) is 8.31. The first-order chi connectivity index (χ1) is 13.3. The summed E-state index contributed by atoms with van der Waals surface area (Å²) in [5.41, 5.74) is 0.453. The maximum Gasteiger partial charge on any atom is 0.233 e. The largest absolute Gasteiger partial charge is 0.338 e. The molecule has 1 aliphatic rings. The second-order valence-corrected chi connectivity index (χ2v) is 9.73. The zero-order chi connectivity index (χ0) is 20.3. The molecule has 1 amide bonds. The van der Waals surface area contributed by atoms with Crippen LogP contribution in [0.1, 0.15) is 24.7 Å². The third-order valence-electron chi connectivity index (χ3n) is 4.68.